The van der Waals surface area contributed by atoms with Crippen LogP contribution in [0, 0.1) is 0 Å². The summed E-state index contributed by atoms with van der Waals surface area (Å²) < 4.78 is 0.855. The van der Waals surface area contributed by atoms with Gasteiger partial charge in [0.05, 0.1) is 11.6 Å². The number of halogens is 1. The summed E-state index contributed by atoms with van der Waals surface area (Å²) >= 11 is 3.40. The van der Waals surface area contributed by atoms with Crippen LogP contribution in [0.4, 0.5) is 11.4 Å². The molecule has 0 aliphatic carbocycles. The molecule has 36 heavy (non-hydrogen) atoms. The Hall–Kier alpha value is -3.38. The summed E-state index contributed by atoms with van der Waals surface area (Å²) in [6, 6.07) is 21.9. The van der Waals surface area contributed by atoms with Crippen molar-refractivity contribution >= 4 is 44.8 Å². The Balaban J connectivity index is 1.87. The summed E-state index contributed by atoms with van der Waals surface area (Å²) in [6.45, 7) is 10.2. The van der Waals surface area contributed by atoms with Crippen LogP contribution >= 0.6 is 15.9 Å². The topological polar surface area (TPSA) is 60.9 Å². The lowest BCUT2D eigenvalue weighted by atomic mass is 9.94. The van der Waals surface area contributed by atoms with Crippen LogP contribution in [0.25, 0.3) is 5.76 Å². The van der Waals surface area contributed by atoms with Crippen molar-refractivity contribution in [2.24, 2.45) is 0 Å². The van der Waals surface area contributed by atoms with E-state index in [4.69, 9.17) is 0 Å². The number of carbonyl (C=O) groups excluding carboxylic acids is 2. The maximum atomic E-state index is 13.4. The van der Waals surface area contributed by atoms with Crippen molar-refractivity contribution in [2.45, 2.75) is 39.7 Å². The number of rotatable bonds is 7. The number of nitrogens with zero attached hydrogens (tertiary/aromatic N) is 2. The van der Waals surface area contributed by atoms with E-state index >= 15 is 0 Å². The molecule has 5 nitrogen and oxygen atoms in total. The van der Waals surface area contributed by atoms with Gasteiger partial charge < -0.3 is 10.0 Å². The Morgan fingerprint density at radius 3 is 2.03 bits per heavy atom. The lowest BCUT2D eigenvalue weighted by Gasteiger charge is -2.27. The fraction of sp³-hybridized carbons (Fsp3) is 0.267. The maximum absolute atomic E-state index is 13.4. The summed E-state index contributed by atoms with van der Waals surface area (Å²) in [5.74, 6) is -1.18. The number of benzene rings is 3. The highest BCUT2D eigenvalue weighted by atomic mass is 79.9. The molecule has 1 amide bonds. The van der Waals surface area contributed by atoms with Gasteiger partial charge in [0.1, 0.15) is 5.76 Å². The Morgan fingerprint density at radius 2 is 1.50 bits per heavy atom. The van der Waals surface area contributed by atoms with Crippen LogP contribution in [-0.4, -0.2) is 29.9 Å². The number of hydrogen-bond donors (Lipinski definition) is 1. The molecule has 0 spiro atoms. The summed E-state index contributed by atoms with van der Waals surface area (Å²) in [5.41, 5.74) is 4.16. The van der Waals surface area contributed by atoms with Crippen molar-refractivity contribution in [1.82, 2.24) is 0 Å². The zero-order valence-corrected chi connectivity index (χ0v) is 22.6. The molecule has 3 aromatic rings. The number of carbonyl (C=O) groups is 2. The molecular formula is C30H31BrN2O3. The third-order valence-electron chi connectivity index (χ3n) is 6.74. The normalized spacial score (nSPS) is 17.2. The summed E-state index contributed by atoms with van der Waals surface area (Å²) in [4.78, 5) is 30.5. The molecule has 6 heteroatoms. The van der Waals surface area contributed by atoms with Crippen LogP contribution < -0.4 is 9.80 Å². The highest BCUT2D eigenvalue weighted by molar-refractivity contribution is 9.10. The molecule has 186 valence electrons. The van der Waals surface area contributed by atoms with Crippen LogP contribution in [-0.2, 0) is 9.59 Å². The Kier molecular flexibility index (Phi) is 7.65. The van der Waals surface area contributed by atoms with E-state index in [1.54, 1.807) is 24.3 Å². The van der Waals surface area contributed by atoms with Gasteiger partial charge in [-0.15, -0.1) is 0 Å². The predicted octanol–water partition coefficient (Wildman–Crippen LogP) is 7.05. The minimum atomic E-state index is -0.746. The number of ketones is 1. The van der Waals surface area contributed by atoms with E-state index < -0.39 is 17.7 Å². The number of anilines is 2. The number of amides is 1. The van der Waals surface area contributed by atoms with Gasteiger partial charge in [0.2, 0.25) is 0 Å². The van der Waals surface area contributed by atoms with Crippen molar-refractivity contribution in [3.63, 3.8) is 0 Å². The Morgan fingerprint density at radius 1 is 0.917 bits per heavy atom. The van der Waals surface area contributed by atoms with Gasteiger partial charge in [-0.1, -0.05) is 66.2 Å². The molecular weight excluding hydrogens is 516 g/mol. The molecule has 0 bridgehead atoms. The molecule has 1 fully saturated rings. The van der Waals surface area contributed by atoms with Gasteiger partial charge in [0.25, 0.3) is 11.7 Å². The Bertz CT molecular complexity index is 1280. The van der Waals surface area contributed by atoms with Gasteiger partial charge >= 0.3 is 0 Å². The SMILES string of the molecule is CCN(CC)c1ccc(C2/C(=C(/O)c3ccc(Br)cc3)C(=O)C(=O)N2c2ccc(C(C)C)cc2)cc1. The number of aliphatic hydroxyl groups excluding tert-OH is 1. The molecule has 0 saturated carbocycles. The molecule has 3 aromatic carbocycles. The van der Waals surface area contributed by atoms with Crippen molar-refractivity contribution in [1.29, 1.82) is 0 Å². The van der Waals surface area contributed by atoms with E-state index in [1.807, 2.05) is 48.5 Å². The second kappa shape index (κ2) is 10.7. The minimum absolute atomic E-state index is 0.0887. The zero-order chi connectivity index (χ0) is 26.0. The van der Waals surface area contributed by atoms with Gasteiger partial charge in [-0.3, -0.25) is 14.5 Å². The molecule has 1 aliphatic rings. The summed E-state index contributed by atoms with van der Waals surface area (Å²) in [6.07, 6.45) is 0. The molecule has 1 heterocycles. The largest absolute Gasteiger partial charge is 0.507 e. The van der Waals surface area contributed by atoms with Crippen molar-refractivity contribution in [3.8, 4) is 0 Å². The second-order valence-corrected chi connectivity index (χ2v) is 10.1. The quantitative estimate of drug-likeness (QED) is 0.196. The van der Waals surface area contributed by atoms with Crippen LogP contribution in [0.15, 0.2) is 82.8 Å². The molecule has 4 rings (SSSR count). The highest BCUT2D eigenvalue weighted by Crippen LogP contribution is 2.42. The molecule has 1 unspecified atom stereocenters. The van der Waals surface area contributed by atoms with Gasteiger partial charge in [-0.05, 0) is 67.3 Å². The lowest BCUT2D eigenvalue weighted by Crippen LogP contribution is -2.29. The average Bonchev–Trinajstić information content (AvgIpc) is 3.15. The lowest BCUT2D eigenvalue weighted by molar-refractivity contribution is -0.132. The zero-order valence-electron chi connectivity index (χ0n) is 21.0. The molecule has 1 N–H and O–H groups in total. The van der Waals surface area contributed by atoms with Gasteiger partial charge in [-0.2, -0.15) is 0 Å². The first-order valence-electron chi connectivity index (χ1n) is 12.3. The summed E-state index contributed by atoms with van der Waals surface area (Å²) in [5, 5.41) is 11.3. The van der Waals surface area contributed by atoms with Crippen molar-refractivity contribution in [3.05, 3.63) is 99.5 Å². The van der Waals surface area contributed by atoms with Crippen LogP contribution in [0.2, 0.25) is 0 Å². The Labute approximate surface area is 221 Å². The van der Waals surface area contributed by atoms with Crippen LogP contribution in [0.5, 0.6) is 0 Å². The molecule has 1 atom stereocenters. The minimum Gasteiger partial charge on any atom is -0.507 e. The smallest absolute Gasteiger partial charge is 0.300 e. The fourth-order valence-electron chi connectivity index (χ4n) is 4.65. The first kappa shape index (κ1) is 25.7. The molecule has 1 aliphatic heterocycles. The molecule has 1 saturated heterocycles. The standard InChI is InChI=1S/C30H31BrN2O3/c1-5-32(6-2)24-15-11-21(12-16-24)27-26(28(34)22-7-13-23(31)14-8-22)29(35)30(36)33(27)25-17-9-20(10-18-25)19(3)4/h7-19,27,34H,5-6H2,1-4H3/b28-26-. The number of Topliss-reactive ketones (excluding diaryl/α,β-unsaturated/α-hetero) is 1. The predicted molar refractivity (Wildman–Crippen MR) is 149 cm³/mol. The molecule has 0 aromatic heterocycles. The number of aliphatic hydroxyl groups is 1. The summed E-state index contributed by atoms with van der Waals surface area (Å²) in [7, 11) is 0. The highest BCUT2D eigenvalue weighted by Gasteiger charge is 2.47. The van der Waals surface area contributed by atoms with E-state index in [2.05, 4.69) is 48.5 Å². The number of hydrogen-bond acceptors (Lipinski definition) is 4. The van der Waals surface area contributed by atoms with Crippen LogP contribution in [0.3, 0.4) is 0 Å². The second-order valence-electron chi connectivity index (χ2n) is 9.19. The van der Waals surface area contributed by atoms with Gasteiger partial charge in [-0.25, -0.2) is 0 Å². The first-order valence-corrected chi connectivity index (χ1v) is 13.1. The van der Waals surface area contributed by atoms with Gasteiger partial charge in [0, 0.05) is 34.5 Å². The first-order chi connectivity index (χ1) is 17.3. The van der Waals surface area contributed by atoms with E-state index in [-0.39, 0.29) is 11.3 Å². The van der Waals surface area contributed by atoms with E-state index in [0.29, 0.717) is 17.2 Å². The van der Waals surface area contributed by atoms with E-state index in [9.17, 15) is 14.7 Å². The van der Waals surface area contributed by atoms with Crippen molar-refractivity contribution < 1.29 is 14.7 Å². The van der Waals surface area contributed by atoms with Crippen LogP contribution in [0.1, 0.15) is 56.3 Å². The third kappa shape index (κ3) is 4.82. The van der Waals surface area contributed by atoms with E-state index in [1.165, 1.54) is 4.90 Å². The van der Waals surface area contributed by atoms with Gasteiger partial charge in [0.15, 0.2) is 0 Å². The average molecular weight is 547 g/mol. The maximum Gasteiger partial charge on any atom is 0.300 e. The van der Waals surface area contributed by atoms with Crippen molar-refractivity contribution in [2.75, 3.05) is 22.9 Å². The molecule has 0 radical (unpaired) electrons. The monoisotopic (exact) mass is 546 g/mol. The van der Waals surface area contributed by atoms with E-state index in [0.717, 1.165) is 34.4 Å². The fourth-order valence-corrected chi connectivity index (χ4v) is 4.92. The third-order valence-corrected chi connectivity index (χ3v) is 7.27.